The molecule has 0 aliphatic heterocycles. The molecule has 1 heterocycles. The number of pyridine rings is 1. The van der Waals surface area contributed by atoms with Gasteiger partial charge in [0, 0.05) is 10.7 Å². The maximum absolute atomic E-state index is 12.5. The molecule has 0 amide bonds. The molecule has 0 radical (unpaired) electrons. The Bertz CT molecular complexity index is 505. The van der Waals surface area contributed by atoms with Gasteiger partial charge >= 0.3 is 0 Å². The molecule has 0 fully saturated rings. The zero-order chi connectivity index (χ0) is 12.5. The average molecular weight is 274 g/mol. The van der Waals surface area contributed by atoms with Gasteiger partial charge in [0.2, 0.25) is 5.03 Å². The van der Waals surface area contributed by atoms with Gasteiger partial charge in [0.05, 0.1) is 13.3 Å². The molecule has 0 bridgehead atoms. The highest BCUT2D eigenvalue weighted by atomic mass is 35.7. The monoisotopic (exact) mass is 273 g/mol. The van der Waals surface area contributed by atoms with Crippen LogP contribution in [0.5, 0.6) is 11.5 Å². The van der Waals surface area contributed by atoms with Crippen molar-refractivity contribution in [1.29, 1.82) is 0 Å². The highest BCUT2D eigenvalue weighted by Crippen LogP contribution is 2.39. The van der Waals surface area contributed by atoms with Crippen LogP contribution in [0.2, 0.25) is 0 Å². The first kappa shape index (κ1) is 12.9. The van der Waals surface area contributed by atoms with Crippen molar-refractivity contribution in [2.45, 2.75) is 11.5 Å². The zero-order valence-electron chi connectivity index (χ0n) is 7.82. The number of aromatic hydroxyl groups is 1. The minimum absolute atomic E-state index is 0.420. The lowest BCUT2D eigenvalue weighted by Gasteiger charge is -2.10. The first-order valence-corrected chi connectivity index (χ1v) is 6.08. The lowest BCUT2D eigenvalue weighted by molar-refractivity contribution is 0.142. The predicted octanol–water partition coefficient (Wildman–Crippen LogP) is 1.66. The Morgan fingerprint density at radius 3 is 2.50 bits per heavy atom. The van der Waals surface area contributed by atoms with Crippen molar-refractivity contribution >= 4 is 19.7 Å². The van der Waals surface area contributed by atoms with Gasteiger partial charge in [-0.1, -0.05) is 0 Å². The van der Waals surface area contributed by atoms with Crippen LogP contribution in [0.3, 0.4) is 0 Å². The normalized spacial score (nSPS) is 11.8. The third-order valence-electron chi connectivity index (χ3n) is 1.69. The second kappa shape index (κ2) is 4.38. The van der Waals surface area contributed by atoms with Crippen LogP contribution < -0.4 is 4.74 Å². The van der Waals surface area contributed by atoms with E-state index in [1.54, 1.807) is 0 Å². The summed E-state index contributed by atoms with van der Waals surface area (Å²) in [5.41, 5.74) is -0.961. The molecule has 0 spiro atoms. The summed E-state index contributed by atoms with van der Waals surface area (Å²) >= 11 is 0. The average Bonchev–Trinajstić information content (AvgIpc) is 2.14. The maximum Gasteiger partial charge on any atom is 0.282 e. The number of ether oxygens (including phenoxy) is 1. The van der Waals surface area contributed by atoms with Gasteiger partial charge in [-0.2, -0.15) is 0 Å². The molecular formula is C7H6ClF2NO4S. The van der Waals surface area contributed by atoms with E-state index in [1.807, 2.05) is 0 Å². The summed E-state index contributed by atoms with van der Waals surface area (Å²) in [4.78, 5) is 3.24. The van der Waals surface area contributed by atoms with E-state index in [2.05, 4.69) is 9.72 Å². The lowest BCUT2D eigenvalue weighted by Crippen LogP contribution is -2.01. The molecule has 16 heavy (non-hydrogen) atoms. The Kier molecular flexibility index (Phi) is 3.54. The molecule has 0 unspecified atom stereocenters. The van der Waals surface area contributed by atoms with Crippen molar-refractivity contribution < 1.29 is 27.0 Å². The summed E-state index contributed by atoms with van der Waals surface area (Å²) < 4.78 is 51.4. The Labute approximate surface area is 94.1 Å². The molecule has 1 aromatic rings. The molecule has 0 aliphatic rings. The van der Waals surface area contributed by atoms with Gasteiger partial charge in [-0.3, -0.25) is 0 Å². The first-order chi connectivity index (χ1) is 7.29. The van der Waals surface area contributed by atoms with Crippen molar-refractivity contribution in [2.75, 3.05) is 7.11 Å². The fourth-order valence-electron chi connectivity index (χ4n) is 1.03. The molecule has 0 aliphatic carbocycles. The SMILES string of the molecule is COc1cnc(S(=O)(=O)Cl)c(O)c1C(F)F. The Balaban J connectivity index is 3.57. The number of nitrogens with zero attached hydrogens (tertiary/aromatic N) is 1. The van der Waals surface area contributed by atoms with E-state index in [9.17, 15) is 22.3 Å². The smallest absolute Gasteiger partial charge is 0.282 e. The van der Waals surface area contributed by atoms with E-state index in [0.29, 0.717) is 0 Å². The summed E-state index contributed by atoms with van der Waals surface area (Å²) in [6, 6.07) is 0. The van der Waals surface area contributed by atoms with Crippen LogP contribution in [0.1, 0.15) is 12.0 Å². The van der Waals surface area contributed by atoms with E-state index in [0.717, 1.165) is 13.3 Å². The second-order valence-electron chi connectivity index (χ2n) is 2.63. The number of alkyl halides is 2. The number of halogens is 3. The fourth-order valence-corrected chi connectivity index (χ4v) is 1.89. The molecule has 1 aromatic heterocycles. The van der Waals surface area contributed by atoms with Gasteiger partial charge in [0.25, 0.3) is 15.5 Å². The molecule has 90 valence electrons. The van der Waals surface area contributed by atoms with Crippen LogP contribution in [-0.4, -0.2) is 25.6 Å². The molecular weight excluding hydrogens is 268 g/mol. The molecule has 5 nitrogen and oxygen atoms in total. The number of hydrogen-bond acceptors (Lipinski definition) is 5. The van der Waals surface area contributed by atoms with Gasteiger partial charge in [-0.15, -0.1) is 0 Å². The van der Waals surface area contributed by atoms with Gasteiger partial charge in [0.1, 0.15) is 11.3 Å². The van der Waals surface area contributed by atoms with Gasteiger partial charge in [-0.05, 0) is 0 Å². The van der Waals surface area contributed by atoms with E-state index in [-0.39, 0.29) is 0 Å². The quantitative estimate of drug-likeness (QED) is 0.848. The Hall–Kier alpha value is -1.15. The van der Waals surface area contributed by atoms with Crippen LogP contribution in [-0.2, 0) is 9.05 Å². The molecule has 1 rings (SSSR count). The van der Waals surface area contributed by atoms with E-state index < -0.39 is 37.6 Å². The summed E-state index contributed by atoms with van der Waals surface area (Å²) in [7, 11) is 1.59. The van der Waals surface area contributed by atoms with E-state index in [1.165, 1.54) is 0 Å². The number of aromatic nitrogens is 1. The molecule has 0 saturated heterocycles. The first-order valence-electron chi connectivity index (χ1n) is 3.77. The third-order valence-corrected chi connectivity index (χ3v) is 2.89. The Morgan fingerprint density at radius 1 is 1.56 bits per heavy atom. The van der Waals surface area contributed by atoms with Crippen molar-refractivity contribution in [3.8, 4) is 11.5 Å². The van der Waals surface area contributed by atoms with Crippen LogP contribution in [0.25, 0.3) is 0 Å². The maximum atomic E-state index is 12.5. The van der Waals surface area contributed by atoms with Crippen LogP contribution in [0.4, 0.5) is 8.78 Å². The fraction of sp³-hybridized carbons (Fsp3) is 0.286. The predicted molar refractivity (Wildman–Crippen MR) is 50.4 cm³/mol. The lowest BCUT2D eigenvalue weighted by atomic mass is 10.2. The van der Waals surface area contributed by atoms with E-state index in [4.69, 9.17) is 10.7 Å². The minimum atomic E-state index is -4.39. The van der Waals surface area contributed by atoms with Crippen LogP contribution >= 0.6 is 10.7 Å². The van der Waals surface area contributed by atoms with Gasteiger partial charge in [-0.25, -0.2) is 22.2 Å². The standard InChI is InChI=1S/C7H6ClF2NO4S/c1-15-3-2-11-7(16(8,13)14)5(12)4(3)6(9)10/h2,6,12H,1H3. The van der Waals surface area contributed by atoms with Gasteiger partial charge < -0.3 is 9.84 Å². The molecule has 0 saturated carbocycles. The molecule has 0 aromatic carbocycles. The number of rotatable bonds is 3. The zero-order valence-corrected chi connectivity index (χ0v) is 9.39. The largest absolute Gasteiger partial charge is 0.504 e. The van der Waals surface area contributed by atoms with Crippen molar-refractivity contribution in [3.05, 3.63) is 11.8 Å². The topological polar surface area (TPSA) is 76.5 Å². The summed E-state index contributed by atoms with van der Waals surface area (Å²) in [5.74, 6) is -1.62. The van der Waals surface area contributed by atoms with Crippen LogP contribution in [0.15, 0.2) is 11.2 Å². The summed E-state index contributed by atoms with van der Waals surface area (Å²) in [5, 5.41) is 8.30. The molecule has 9 heteroatoms. The number of hydrogen-bond donors (Lipinski definition) is 1. The summed E-state index contributed by atoms with van der Waals surface area (Å²) in [6.45, 7) is 0. The summed E-state index contributed by atoms with van der Waals surface area (Å²) in [6.07, 6.45) is -2.37. The highest BCUT2D eigenvalue weighted by molar-refractivity contribution is 8.13. The van der Waals surface area contributed by atoms with Crippen LogP contribution in [0, 0.1) is 0 Å². The van der Waals surface area contributed by atoms with Crippen molar-refractivity contribution in [3.63, 3.8) is 0 Å². The third kappa shape index (κ3) is 2.33. The Morgan fingerprint density at radius 2 is 2.12 bits per heavy atom. The molecule has 0 atom stereocenters. The minimum Gasteiger partial charge on any atom is -0.504 e. The highest BCUT2D eigenvalue weighted by Gasteiger charge is 2.27. The van der Waals surface area contributed by atoms with Crippen molar-refractivity contribution in [2.24, 2.45) is 0 Å². The van der Waals surface area contributed by atoms with Crippen molar-refractivity contribution in [1.82, 2.24) is 4.98 Å². The van der Waals surface area contributed by atoms with E-state index >= 15 is 0 Å². The number of methoxy groups -OCH3 is 1. The van der Waals surface area contributed by atoms with Gasteiger partial charge in [0.15, 0.2) is 5.75 Å². The second-order valence-corrected chi connectivity index (χ2v) is 5.11. The molecule has 1 N–H and O–H groups in total.